The minimum Gasteiger partial charge on any atom is -0.493 e. The van der Waals surface area contributed by atoms with Gasteiger partial charge in [-0.2, -0.15) is 13.2 Å². The van der Waals surface area contributed by atoms with E-state index in [9.17, 15) is 31.5 Å². The fourth-order valence-corrected chi connectivity index (χ4v) is 5.44. The number of ketones is 1. The normalized spacial score (nSPS) is 12.9. The minimum absolute atomic E-state index is 0.0297. The number of sulfone groups is 1. The molecule has 39 heavy (non-hydrogen) atoms. The number of rotatable bonds is 13. The number of benzene rings is 3. The number of hydrogen-bond donors (Lipinski definition) is 1. The van der Waals surface area contributed by atoms with Crippen LogP contribution in [0, 0.1) is 0 Å². The van der Waals surface area contributed by atoms with Crippen LogP contribution in [0.4, 0.5) is 13.2 Å². The van der Waals surface area contributed by atoms with Crippen molar-refractivity contribution >= 4 is 38.8 Å². The van der Waals surface area contributed by atoms with Crippen molar-refractivity contribution in [3.63, 3.8) is 0 Å². The zero-order chi connectivity index (χ0) is 28.6. The number of alkyl halides is 3. The summed E-state index contributed by atoms with van der Waals surface area (Å²) in [4.78, 5) is 11.1. The largest absolute Gasteiger partial charge is 0.493 e. The van der Waals surface area contributed by atoms with E-state index in [1.807, 2.05) is 24.3 Å². The van der Waals surface area contributed by atoms with Crippen molar-refractivity contribution in [3.8, 4) is 5.75 Å². The third kappa shape index (κ3) is 9.83. The number of carbonyl (C=O) groups excluding carboxylic acids is 1. The van der Waals surface area contributed by atoms with E-state index in [4.69, 9.17) is 27.9 Å². The Morgan fingerprint density at radius 1 is 0.846 bits per heavy atom. The van der Waals surface area contributed by atoms with Crippen molar-refractivity contribution in [2.24, 2.45) is 0 Å². The number of ether oxygens (including phenoxy) is 1. The van der Waals surface area contributed by atoms with E-state index in [-0.39, 0.29) is 24.0 Å². The Bertz CT molecular complexity index is 1280. The molecule has 0 fully saturated rings. The first-order valence-electron chi connectivity index (χ1n) is 12.1. The fourth-order valence-electron chi connectivity index (χ4n) is 4.04. The van der Waals surface area contributed by atoms with Crippen molar-refractivity contribution in [1.82, 2.24) is 0 Å². The van der Waals surface area contributed by atoms with Gasteiger partial charge in [-0.1, -0.05) is 59.6 Å². The number of aliphatic hydroxyl groups excluding tert-OH is 1. The zero-order valence-corrected chi connectivity index (χ0v) is 23.0. The van der Waals surface area contributed by atoms with Crippen LogP contribution in [0.15, 0.2) is 72.8 Å². The van der Waals surface area contributed by atoms with E-state index in [0.717, 1.165) is 11.1 Å². The SMILES string of the molecule is O=C(C(O)Cc1ccc(OCCS(=O)(=O)CCCC(c2ccc(Cl)cc2)c2ccc(Cl)cc2)cc1)C(F)(F)F. The lowest BCUT2D eigenvalue weighted by Gasteiger charge is -2.18. The molecule has 0 amide bonds. The van der Waals surface area contributed by atoms with Crippen LogP contribution in [0.3, 0.4) is 0 Å². The van der Waals surface area contributed by atoms with E-state index >= 15 is 0 Å². The lowest BCUT2D eigenvalue weighted by molar-refractivity contribution is -0.179. The highest BCUT2D eigenvalue weighted by Gasteiger charge is 2.42. The molecule has 0 aliphatic carbocycles. The topological polar surface area (TPSA) is 80.7 Å². The highest BCUT2D eigenvalue weighted by atomic mass is 35.5. The summed E-state index contributed by atoms with van der Waals surface area (Å²) in [6, 6.07) is 20.6. The predicted molar refractivity (Wildman–Crippen MR) is 145 cm³/mol. The van der Waals surface area contributed by atoms with Crippen LogP contribution >= 0.6 is 23.2 Å². The molecule has 0 aliphatic heterocycles. The molecule has 0 spiro atoms. The highest BCUT2D eigenvalue weighted by Crippen LogP contribution is 2.31. The molecule has 1 unspecified atom stereocenters. The average molecular weight is 603 g/mol. The molecule has 1 N–H and O–H groups in total. The average Bonchev–Trinajstić information content (AvgIpc) is 2.88. The maximum atomic E-state index is 12.6. The van der Waals surface area contributed by atoms with E-state index in [2.05, 4.69) is 0 Å². The summed E-state index contributed by atoms with van der Waals surface area (Å²) in [5.41, 5.74) is 2.33. The van der Waals surface area contributed by atoms with Crippen LogP contribution in [0.1, 0.15) is 35.4 Å². The summed E-state index contributed by atoms with van der Waals surface area (Å²) in [6.07, 6.45) is -6.79. The zero-order valence-electron chi connectivity index (χ0n) is 20.7. The molecule has 0 saturated heterocycles. The Hall–Kier alpha value is -2.59. The molecule has 1 atom stereocenters. The van der Waals surface area contributed by atoms with Crippen molar-refractivity contribution < 1.29 is 36.2 Å². The number of Topliss-reactive ketones (excluding diaryl/α,β-unsaturated/α-hetero) is 1. The van der Waals surface area contributed by atoms with Crippen LogP contribution in [0.2, 0.25) is 10.0 Å². The highest BCUT2D eigenvalue weighted by molar-refractivity contribution is 7.91. The number of aliphatic hydroxyl groups is 1. The molecular weight excluding hydrogens is 576 g/mol. The van der Waals surface area contributed by atoms with E-state index in [1.54, 1.807) is 24.3 Å². The second kappa shape index (κ2) is 13.7. The molecule has 0 aromatic heterocycles. The van der Waals surface area contributed by atoms with Gasteiger partial charge in [0.2, 0.25) is 0 Å². The third-order valence-electron chi connectivity index (χ3n) is 6.09. The Morgan fingerprint density at radius 2 is 1.36 bits per heavy atom. The van der Waals surface area contributed by atoms with Gasteiger partial charge >= 0.3 is 6.18 Å². The van der Waals surface area contributed by atoms with Gasteiger partial charge in [0.15, 0.2) is 9.84 Å². The molecule has 0 bridgehead atoms. The van der Waals surface area contributed by atoms with E-state index in [0.29, 0.717) is 34.2 Å². The van der Waals surface area contributed by atoms with E-state index in [1.165, 1.54) is 24.3 Å². The van der Waals surface area contributed by atoms with Crippen molar-refractivity contribution in [2.75, 3.05) is 18.1 Å². The maximum Gasteiger partial charge on any atom is 0.452 e. The molecule has 0 radical (unpaired) electrons. The first kappa shape index (κ1) is 30.9. The van der Waals surface area contributed by atoms with Gasteiger partial charge in [-0.3, -0.25) is 4.79 Å². The van der Waals surface area contributed by atoms with Crippen molar-refractivity contribution in [2.45, 2.75) is 37.5 Å². The Morgan fingerprint density at radius 3 is 1.85 bits per heavy atom. The second-order valence-electron chi connectivity index (χ2n) is 9.02. The lowest BCUT2D eigenvalue weighted by Crippen LogP contribution is -2.35. The lowest BCUT2D eigenvalue weighted by atomic mass is 9.88. The Labute approximate surface area is 235 Å². The first-order chi connectivity index (χ1) is 18.3. The Balaban J connectivity index is 1.50. The van der Waals surface area contributed by atoms with Crippen LogP contribution in [-0.4, -0.2) is 49.7 Å². The molecule has 5 nitrogen and oxygen atoms in total. The molecular formula is C28H27Cl2F3O5S. The number of halogens is 5. The molecule has 11 heteroatoms. The van der Waals surface area contributed by atoms with Gasteiger partial charge in [0, 0.05) is 22.4 Å². The predicted octanol–water partition coefficient (Wildman–Crippen LogP) is 6.43. The Kier molecular flexibility index (Phi) is 10.8. The van der Waals surface area contributed by atoms with Gasteiger partial charge in [-0.25, -0.2) is 8.42 Å². The van der Waals surface area contributed by atoms with Crippen LogP contribution in [0.25, 0.3) is 0 Å². The molecule has 3 aromatic rings. The summed E-state index contributed by atoms with van der Waals surface area (Å²) in [6.45, 7) is -0.103. The van der Waals surface area contributed by atoms with Gasteiger partial charge in [0.1, 0.15) is 18.5 Å². The second-order valence-corrected chi connectivity index (χ2v) is 12.2. The third-order valence-corrected chi connectivity index (χ3v) is 8.29. The number of hydrogen-bond acceptors (Lipinski definition) is 5. The monoisotopic (exact) mass is 602 g/mol. The quantitative estimate of drug-likeness (QED) is 0.244. The standard InChI is InChI=1S/C28H27Cl2F3O5S/c29-22-9-5-20(6-10-22)25(21-7-11-23(30)12-8-21)2-1-16-39(36,37)17-15-38-24-13-3-19(4-14-24)18-26(34)27(35)28(31,32)33/h3-14,25-26,34H,1-2,15-18H2. The summed E-state index contributed by atoms with van der Waals surface area (Å²) in [7, 11) is -3.42. The summed E-state index contributed by atoms with van der Waals surface area (Å²) in [5.74, 6) is -2.16. The molecule has 210 valence electrons. The smallest absolute Gasteiger partial charge is 0.452 e. The van der Waals surface area contributed by atoms with Gasteiger partial charge in [-0.15, -0.1) is 0 Å². The first-order valence-corrected chi connectivity index (χ1v) is 14.6. The van der Waals surface area contributed by atoms with Crippen LogP contribution in [-0.2, 0) is 21.1 Å². The summed E-state index contributed by atoms with van der Waals surface area (Å²) in [5, 5.41) is 10.7. The van der Waals surface area contributed by atoms with Crippen LogP contribution < -0.4 is 4.74 Å². The van der Waals surface area contributed by atoms with E-state index < -0.39 is 34.3 Å². The molecule has 3 rings (SSSR count). The van der Waals surface area contributed by atoms with Gasteiger partial charge < -0.3 is 9.84 Å². The fraction of sp³-hybridized carbons (Fsp3) is 0.321. The van der Waals surface area contributed by atoms with Crippen molar-refractivity contribution in [3.05, 3.63) is 99.5 Å². The van der Waals surface area contributed by atoms with Crippen molar-refractivity contribution in [1.29, 1.82) is 0 Å². The molecule has 3 aromatic carbocycles. The minimum atomic E-state index is -5.11. The molecule has 0 heterocycles. The van der Waals surface area contributed by atoms with Gasteiger partial charge in [0.05, 0.1) is 11.5 Å². The van der Waals surface area contributed by atoms with Crippen LogP contribution in [0.5, 0.6) is 5.75 Å². The summed E-state index contributed by atoms with van der Waals surface area (Å²) < 4.78 is 68.0. The summed E-state index contributed by atoms with van der Waals surface area (Å²) >= 11 is 12.1. The van der Waals surface area contributed by atoms with Gasteiger partial charge in [0.25, 0.3) is 5.78 Å². The van der Waals surface area contributed by atoms with Gasteiger partial charge in [-0.05, 0) is 65.9 Å². The maximum absolute atomic E-state index is 12.6. The number of carbonyl (C=O) groups is 1. The molecule has 0 saturated carbocycles. The molecule has 0 aliphatic rings.